The van der Waals surface area contributed by atoms with Crippen LogP contribution in [0.25, 0.3) is 0 Å². The van der Waals surface area contributed by atoms with E-state index in [4.69, 9.17) is 9.98 Å². The van der Waals surface area contributed by atoms with Gasteiger partial charge < -0.3 is 20.4 Å². The van der Waals surface area contributed by atoms with Crippen molar-refractivity contribution in [3.8, 4) is 0 Å². The van der Waals surface area contributed by atoms with Crippen molar-refractivity contribution in [2.75, 3.05) is 50.0 Å². The number of hydrogen-bond donors (Lipinski definition) is 2. The molecule has 0 aromatic carbocycles. The molecule has 2 unspecified atom stereocenters. The first-order valence-corrected chi connectivity index (χ1v) is 14.2. The Morgan fingerprint density at radius 1 is 1.11 bits per heavy atom. The second kappa shape index (κ2) is 9.87. The summed E-state index contributed by atoms with van der Waals surface area (Å²) in [5.74, 6) is 1.45. The van der Waals surface area contributed by atoms with Crippen molar-refractivity contribution in [2.24, 2.45) is 10.4 Å². The largest absolute Gasteiger partial charge is 0.368 e. The molecule has 204 valence electrons. The number of carbonyl (C=O) groups excluding carboxylic acids is 2. The molecule has 4 aliphatic heterocycles. The first-order valence-electron chi connectivity index (χ1n) is 14.2. The number of nitrogens with zero attached hydrogens (tertiary/aromatic N) is 6. The summed E-state index contributed by atoms with van der Waals surface area (Å²) in [6, 6.07) is 4.84. The van der Waals surface area contributed by atoms with Crippen molar-refractivity contribution in [3.63, 3.8) is 0 Å². The summed E-state index contributed by atoms with van der Waals surface area (Å²) in [6.45, 7) is 9.19. The molecule has 2 N–H and O–H groups in total. The fraction of sp³-hybridized carbons (Fsp3) is 0.643. The molecule has 1 spiro atoms. The van der Waals surface area contributed by atoms with Gasteiger partial charge in [-0.15, -0.1) is 0 Å². The number of anilines is 2. The van der Waals surface area contributed by atoms with E-state index in [1.54, 1.807) is 0 Å². The fourth-order valence-electron chi connectivity index (χ4n) is 6.80. The molecule has 1 aromatic rings. The van der Waals surface area contributed by atoms with Gasteiger partial charge in [0, 0.05) is 70.1 Å². The zero-order valence-corrected chi connectivity index (χ0v) is 22.8. The lowest BCUT2D eigenvalue weighted by Gasteiger charge is -2.48. The highest BCUT2D eigenvalue weighted by Crippen LogP contribution is 2.46. The third-order valence-corrected chi connectivity index (χ3v) is 9.10. The standard InChI is InChI=1S/C28H40N8O2/c1-19(2)34-12-14-35(15-13-34)22-8-9-23(30-18-22)32-27-31-17-20-16-28(10-11-29-25(28)37)26(38)36(24(20)33(27)3)21-6-4-5-7-21/h8-9,17-19,21,27H,4-7,10-16H2,1-3H3,(H,29,37)(H,30,32). The van der Waals surface area contributed by atoms with Crippen molar-refractivity contribution in [3.05, 3.63) is 29.7 Å². The highest BCUT2D eigenvalue weighted by atomic mass is 16.2. The molecule has 1 aromatic heterocycles. The van der Waals surface area contributed by atoms with Gasteiger partial charge in [0.25, 0.3) is 0 Å². The Labute approximate surface area is 225 Å². The van der Waals surface area contributed by atoms with Gasteiger partial charge in [0.2, 0.25) is 11.8 Å². The summed E-state index contributed by atoms with van der Waals surface area (Å²) in [5.41, 5.74) is 1.11. The average molecular weight is 521 g/mol. The van der Waals surface area contributed by atoms with Crippen LogP contribution in [0.4, 0.5) is 11.5 Å². The maximum Gasteiger partial charge on any atom is 0.244 e. The number of nitrogens with one attached hydrogen (secondary N) is 2. The molecule has 0 radical (unpaired) electrons. The number of aromatic nitrogens is 1. The minimum atomic E-state index is -0.993. The number of rotatable bonds is 5. The van der Waals surface area contributed by atoms with Crippen LogP contribution in [-0.2, 0) is 9.59 Å². The van der Waals surface area contributed by atoms with Crippen molar-refractivity contribution in [1.82, 2.24) is 25.0 Å². The second-order valence-corrected chi connectivity index (χ2v) is 11.7. The molecule has 2 atom stereocenters. The van der Waals surface area contributed by atoms with E-state index < -0.39 is 5.41 Å². The van der Waals surface area contributed by atoms with Crippen LogP contribution in [-0.4, -0.2) is 95.9 Å². The maximum atomic E-state index is 14.0. The summed E-state index contributed by atoms with van der Waals surface area (Å²) in [5, 5.41) is 6.36. The third kappa shape index (κ3) is 4.22. The van der Waals surface area contributed by atoms with Crippen LogP contribution in [0.2, 0.25) is 0 Å². The lowest BCUT2D eigenvalue weighted by Crippen LogP contribution is -2.59. The minimum absolute atomic E-state index is 0.0425. The summed E-state index contributed by atoms with van der Waals surface area (Å²) in [6.07, 6.45) is 8.54. The first kappa shape index (κ1) is 25.2. The molecular formula is C28H40N8O2. The van der Waals surface area contributed by atoms with Gasteiger partial charge >= 0.3 is 0 Å². The topological polar surface area (TPSA) is 96.4 Å². The molecule has 2 saturated heterocycles. The van der Waals surface area contributed by atoms with Crippen molar-refractivity contribution in [2.45, 2.75) is 70.7 Å². The van der Waals surface area contributed by atoms with Crippen LogP contribution in [0.5, 0.6) is 0 Å². The van der Waals surface area contributed by atoms with E-state index in [-0.39, 0.29) is 24.1 Å². The van der Waals surface area contributed by atoms with E-state index in [2.05, 4.69) is 40.3 Å². The predicted octanol–water partition coefficient (Wildman–Crippen LogP) is 2.22. The molecular weight excluding hydrogens is 480 g/mol. The summed E-state index contributed by atoms with van der Waals surface area (Å²) in [7, 11) is 1.98. The van der Waals surface area contributed by atoms with Gasteiger partial charge in [0.15, 0.2) is 6.29 Å². The zero-order valence-electron chi connectivity index (χ0n) is 22.8. The molecule has 3 fully saturated rings. The smallest absolute Gasteiger partial charge is 0.244 e. The van der Waals surface area contributed by atoms with Crippen LogP contribution in [0.1, 0.15) is 52.4 Å². The van der Waals surface area contributed by atoms with Crippen LogP contribution in [0, 0.1) is 5.41 Å². The number of carbonyl (C=O) groups is 2. The van der Waals surface area contributed by atoms with E-state index >= 15 is 0 Å². The first-order chi connectivity index (χ1) is 18.4. The molecule has 1 aliphatic carbocycles. The lowest BCUT2D eigenvalue weighted by atomic mass is 9.75. The van der Waals surface area contributed by atoms with Gasteiger partial charge in [-0.2, -0.15) is 0 Å². The quantitative estimate of drug-likeness (QED) is 0.575. The van der Waals surface area contributed by atoms with Crippen molar-refractivity contribution >= 4 is 29.5 Å². The Bertz CT molecular complexity index is 1130. The number of hydrogen-bond acceptors (Lipinski definition) is 8. The zero-order chi connectivity index (χ0) is 26.4. The Morgan fingerprint density at radius 3 is 2.50 bits per heavy atom. The number of piperazine rings is 1. The van der Waals surface area contributed by atoms with Gasteiger partial charge in [0.05, 0.1) is 11.9 Å². The van der Waals surface area contributed by atoms with Crippen LogP contribution in [0.3, 0.4) is 0 Å². The Morgan fingerprint density at radius 2 is 1.87 bits per heavy atom. The molecule has 1 saturated carbocycles. The number of amides is 2. The summed E-state index contributed by atoms with van der Waals surface area (Å²) < 4.78 is 0. The average Bonchev–Trinajstić information content (AvgIpc) is 3.58. The molecule has 38 heavy (non-hydrogen) atoms. The molecule has 6 rings (SSSR count). The van der Waals surface area contributed by atoms with Gasteiger partial charge in [-0.3, -0.25) is 19.4 Å². The summed E-state index contributed by atoms with van der Waals surface area (Å²) >= 11 is 0. The number of aliphatic imine (C=N–C) groups is 1. The molecule has 2 amide bonds. The van der Waals surface area contributed by atoms with Gasteiger partial charge in [-0.25, -0.2) is 9.98 Å². The van der Waals surface area contributed by atoms with Crippen molar-refractivity contribution in [1.29, 1.82) is 0 Å². The van der Waals surface area contributed by atoms with Crippen LogP contribution < -0.4 is 15.5 Å². The van der Waals surface area contributed by atoms with Gasteiger partial charge in [0.1, 0.15) is 17.1 Å². The van der Waals surface area contributed by atoms with Crippen LogP contribution >= 0.6 is 0 Å². The van der Waals surface area contributed by atoms with Gasteiger partial charge in [-0.05, 0) is 45.2 Å². The van der Waals surface area contributed by atoms with Crippen LogP contribution in [0.15, 0.2) is 34.7 Å². The monoisotopic (exact) mass is 520 g/mol. The Balaban J connectivity index is 1.19. The van der Waals surface area contributed by atoms with E-state index in [0.29, 0.717) is 25.4 Å². The third-order valence-electron chi connectivity index (χ3n) is 9.10. The fourth-order valence-corrected chi connectivity index (χ4v) is 6.80. The Kier molecular flexibility index (Phi) is 6.53. The molecule has 5 aliphatic rings. The number of allylic oxidation sites excluding steroid dienone is 1. The molecule has 0 bridgehead atoms. The van der Waals surface area contributed by atoms with Gasteiger partial charge in [-0.1, -0.05) is 12.8 Å². The minimum Gasteiger partial charge on any atom is -0.368 e. The normalized spacial score (nSPS) is 28.6. The van der Waals surface area contributed by atoms with E-state index in [9.17, 15) is 9.59 Å². The highest BCUT2D eigenvalue weighted by Gasteiger charge is 2.57. The molecule has 5 heterocycles. The Hall–Kier alpha value is -3.14. The van der Waals surface area contributed by atoms with E-state index in [1.807, 2.05) is 35.3 Å². The van der Waals surface area contributed by atoms with E-state index in [0.717, 1.165) is 74.8 Å². The summed E-state index contributed by atoms with van der Waals surface area (Å²) in [4.78, 5) is 45.3. The SMILES string of the molecule is CC(C)N1CCN(c2ccc(NC3N=CC4=C(N3C)N(C3CCCC3)C(=O)C3(CCNC3=O)C4)nc2)CC1. The van der Waals surface area contributed by atoms with Crippen molar-refractivity contribution < 1.29 is 9.59 Å². The molecule has 10 nitrogen and oxygen atoms in total. The molecule has 10 heteroatoms. The predicted molar refractivity (Wildman–Crippen MR) is 148 cm³/mol. The second-order valence-electron chi connectivity index (χ2n) is 11.7. The maximum absolute atomic E-state index is 14.0. The highest BCUT2D eigenvalue weighted by molar-refractivity contribution is 6.09. The van der Waals surface area contributed by atoms with E-state index in [1.165, 1.54) is 0 Å². The number of pyridine rings is 1. The lowest BCUT2D eigenvalue weighted by molar-refractivity contribution is -0.151.